The summed E-state index contributed by atoms with van der Waals surface area (Å²) >= 11 is 0. The lowest BCUT2D eigenvalue weighted by atomic mass is 10.4. The Balaban J connectivity index is 0. The van der Waals surface area contributed by atoms with Gasteiger partial charge in [-0.1, -0.05) is 0 Å². The molecule has 5 heteroatoms. The smallest absolute Gasteiger partial charge is 0.337 e. The van der Waals surface area contributed by atoms with E-state index in [4.69, 9.17) is 11.0 Å². The number of rotatable bonds is 2. The molecule has 0 heterocycles. The quantitative estimate of drug-likeness (QED) is 0.575. The molecule has 0 aliphatic heterocycles. The standard InChI is InChI=1S/C5H8N2O2.ClH/c1-2-9-5(8)4(7)3-6;/h4H,2,7H2,1H3;1H. The summed E-state index contributed by atoms with van der Waals surface area (Å²) in [6, 6.07) is 0.418. The van der Waals surface area contributed by atoms with E-state index in [0.717, 1.165) is 0 Å². The Morgan fingerprint density at radius 2 is 2.40 bits per heavy atom. The maximum atomic E-state index is 10.4. The van der Waals surface area contributed by atoms with Crippen molar-refractivity contribution in [3.63, 3.8) is 0 Å². The highest BCUT2D eigenvalue weighted by molar-refractivity contribution is 5.85. The fourth-order valence-electron chi connectivity index (χ4n) is 0.285. The number of hydrogen-bond acceptors (Lipinski definition) is 4. The fraction of sp³-hybridized carbons (Fsp3) is 0.600. The summed E-state index contributed by atoms with van der Waals surface area (Å²) in [6.07, 6.45) is 0. The predicted molar refractivity (Wildman–Crippen MR) is 37.5 cm³/mol. The van der Waals surface area contributed by atoms with Crippen LogP contribution in [0.5, 0.6) is 0 Å². The normalized spacial score (nSPS) is 10.5. The van der Waals surface area contributed by atoms with Crippen molar-refractivity contribution in [2.24, 2.45) is 5.73 Å². The number of carbonyl (C=O) groups excluding carboxylic acids is 1. The number of halogens is 1. The molecular weight excluding hydrogens is 156 g/mol. The van der Waals surface area contributed by atoms with Gasteiger partial charge in [0.25, 0.3) is 0 Å². The number of esters is 1. The van der Waals surface area contributed by atoms with Gasteiger partial charge in [-0.15, -0.1) is 12.4 Å². The van der Waals surface area contributed by atoms with Gasteiger partial charge in [0.15, 0.2) is 6.04 Å². The van der Waals surface area contributed by atoms with E-state index in [1.807, 2.05) is 0 Å². The monoisotopic (exact) mass is 164 g/mol. The summed E-state index contributed by atoms with van der Waals surface area (Å²) in [5.41, 5.74) is 4.97. The van der Waals surface area contributed by atoms with E-state index < -0.39 is 12.0 Å². The van der Waals surface area contributed by atoms with E-state index in [1.165, 1.54) is 0 Å². The molecule has 0 amide bonds. The number of ether oxygens (including phenoxy) is 1. The first-order chi connectivity index (χ1) is 4.22. The Morgan fingerprint density at radius 1 is 1.90 bits per heavy atom. The summed E-state index contributed by atoms with van der Waals surface area (Å²) in [6.45, 7) is 1.91. The van der Waals surface area contributed by atoms with Crippen molar-refractivity contribution in [2.45, 2.75) is 13.0 Å². The molecule has 0 saturated carbocycles. The zero-order valence-electron chi connectivity index (χ0n) is 5.53. The molecule has 0 bridgehead atoms. The van der Waals surface area contributed by atoms with E-state index in [2.05, 4.69) is 4.74 Å². The van der Waals surface area contributed by atoms with Crippen LogP contribution in [0, 0.1) is 11.3 Å². The lowest BCUT2D eigenvalue weighted by molar-refractivity contribution is -0.143. The van der Waals surface area contributed by atoms with Crippen molar-refractivity contribution in [1.29, 1.82) is 5.26 Å². The van der Waals surface area contributed by atoms with E-state index in [9.17, 15) is 4.79 Å². The molecule has 0 fully saturated rings. The minimum Gasteiger partial charge on any atom is -0.464 e. The first-order valence-corrected chi connectivity index (χ1v) is 2.54. The molecule has 0 aromatic carbocycles. The van der Waals surface area contributed by atoms with Crippen LogP contribution in [0.15, 0.2) is 0 Å². The van der Waals surface area contributed by atoms with Gasteiger partial charge in [0, 0.05) is 0 Å². The Kier molecular flexibility index (Phi) is 7.56. The van der Waals surface area contributed by atoms with Crippen LogP contribution >= 0.6 is 12.4 Å². The average molecular weight is 165 g/mol. The highest BCUT2D eigenvalue weighted by Gasteiger charge is 2.11. The second-order valence-corrected chi connectivity index (χ2v) is 1.36. The van der Waals surface area contributed by atoms with Gasteiger partial charge in [-0.05, 0) is 6.92 Å². The topological polar surface area (TPSA) is 76.1 Å². The van der Waals surface area contributed by atoms with Crippen molar-refractivity contribution in [2.75, 3.05) is 6.61 Å². The molecule has 10 heavy (non-hydrogen) atoms. The van der Waals surface area contributed by atoms with Crippen LogP contribution in [-0.4, -0.2) is 18.6 Å². The van der Waals surface area contributed by atoms with Gasteiger partial charge >= 0.3 is 5.97 Å². The number of nitrogens with two attached hydrogens (primary N) is 1. The van der Waals surface area contributed by atoms with Gasteiger partial charge in [-0.2, -0.15) is 5.26 Å². The molecule has 58 valence electrons. The SMILES string of the molecule is CCOC(=O)C(N)C#N.Cl. The van der Waals surface area contributed by atoms with Crippen LogP contribution in [0.25, 0.3) is 0 Å². The Morgan fingerprint density at radius 3 is 2.70 bits per heavy atom. The zero-order valence-corrected chi connectivity index (χ0v) is 6.35. The van der Waals surface area contributed by atoms with E-state index in [1.54, 1.807) is 13.0 Å². The van der Waals surface area contributed by atoms with Crippen LogP contribution in [0.3, 0.4) is 0 Å². The Bertz CT molecular complexity index is 143. The van der Waals surface area contributed by atoms with E-state index in [0.29, 0.717) is 0 Å². The van der Waals surface area contributed by atoms with Gasteiger partial charge in [0.2, 0.25) is 0 Å². The molecule has 0 aliphatic carbocycles. The third kappa shape index (κ3) is 4.13. The molecule has 0 radical (unpaired) electrons. The van der Waals surface area contributed by atoms with Crippen LogP contribution in [0.2, 0.25) is 0 Å². The summed E-state index contributed by atoms with van der Waals surface area (Å²) in [7, 11) is 0. The molecule has 1 unspecified atom stereocenters. The van der Waals surface area contributed by atoms with Crippen LogP contribution < -0.4 is 5.73 Å². The number of nitriles is 1. The van der Waals surface area contributed by atoms with Crippen molar-refractivity contribution in [1.82, 2.24) is 0 Å². The van der Waals surface area contributed by atoms with Crippen molar-refractivity contribution in [3.05, 3.63) is 0 Å². The third-order valence-corrected chi connectivity index (χ3v) is 0.680. The van der Waals surface area contributed by atoms with Crippen molar-refractivity contribution >= 4 is 18.4 Å². The summed E-state index contributed by atoms with van der Waals surface area (Å²) in [4.78, 5) is 10.4. The highest BCUT2D eigenvalue weighted by Crippen LogP contribution is 1.81. The maximum absolute atomic E-state index is 10.4. The number of carbonyl (C=O) groups is 1. The number of hydrogen-bond donors (Lipinski definition) is 1. The first kappa shape index (κ1) is 11.9. The molecule has 0 rings (SSSR count). The van der Waals surface area contributed by atoms with Crippen LogP contribution in [-0.2, 0) is 9.53 Å². The van der Waals surface area contributed by atoms with Gasteiger partial charge in [-0.25, -0.2) is 4.79 Å². The summed E-state index contributed by atoms with van der Waals surface area (Å²) in [5.74, 6) is -0.667. The number of nitrogens with zero attached hydrogens (tertiary/aromatic N) is 1. The molecule has 0 aromatic heterocycles. The molecule has 0 spiro atoms. The molecule has 2 N–H and O–H groups in total. The Labute approximate surface area is 65.4 Å². The van der Waals surface area contributed by atoms with Gasteiger partial charge < -0.3 is 10.5 Å². The van der Waals surface area contributed by atoms with Gasteiger partial charge in [0.05, 0.1) is 12.7 Å². The zero-order chi connectivity index (χ0) is 7.28. The highest BCUT2D eigenvalue weighted by atomic mass is 35.5. The van der Waals surface area contributed by atoms with E-state index >= 15 is 0 Å². The van der Waals surface area contributed by atoms with Crippen LogP contribution in [0.1, 0.15) is 6.92 Å². The van der Waals surface area contributed by atoms with E-state index in [-0.39, 0.29) is 19.0 Å². The first-order valence-electron chi connectivity index (χ1n) is 2.54. The van der Waals surface area contributed by atoms with Gasteiger partial charge in [-0.3, -0.25) is 0 Å². The second-order valence-electron chi connectivity index (χ2n) is 1.36. The largest absolute Gasteiger partial charge is 0.464 e. The lowest BCUT2D eigenvalue weighted by Crippen LogP contribution is -2.30. The minimum absolute atomic E-state index is 0. The third-order valence-electron chi connectivity index (χ3n) is 0.680. The molecule has 0 aromatic rings. The lowest BCUT2D eigenvalue weighted by Gasteiger charge is -2.00. The van der Waals surface area contributed by atoms with Crippen molar-refractivity contribution in [3.8, 4) is 6.07 Å². The molecule has 4 nitrogen and oxygen atoms in total. The molecular formula is C5H9ClN2O2. The summed E-state index contributed by atoms with van der Waals surface area (Å²) in [5, 5.41) is 8.06. The van der Waals surface area contributed by atoms with Gasteiger partial charge in [0.1, 0.15) is 0 Å². The summed E-state index contributed by atoms with van der Waals surface area (Å²) < 4.78 is 4.41. The average Bonchev–Trinajstić information content (AvgIpc) is 1.87. The maximum Gasteiger partial charge on any atom is 0.337 e. The molecule has 0 aliphatic rings. The Hall–Kier alpha value is -0.790. The minimum atomic E-state index is -1.13. The van der Waals surface area contributed by atoms with Crippen LogP contribution in [0.4, 0.5) is 0 Å². The second kappa shape index (κ2) is 6.33. The predicted octanol–water partition coefficient (Wildman–Crippen LogP) is -0.178. The van der Waals surface area contributed by atoms with Crippen molar-refractivity contribution < 1.29 is 9.53 Å². The molecule has 0 saturated heterocycles. The molecule has 1 atom stereocenters. The fourth-order valence-corrected chi connectivity index (χ4v) is 0.285.